The maximum absolute atomic E-state index is 13.1. The summed E-state index contributed by atoms with van der Waals surface area (Å²) in [6.07, 6.45) is 0. The number of benzene rings is 2. The van der Waals surface area contributed by atoms with Crippen molar-refractivity contribution in [2.24, 2.45) is 0 Å². The van der Waals surface area contributed by atoms with Crippen molar-refractivity contribution in [3.8, 4) is 5.75 Å². The summed E-state index contributed by atoms with van der Waals surface area (Å²) in [5.74, 6) is -0.974. The summed E-state index contributed by atoms with van der Waals surface area (Å²) >= 11 is 0. The molecule has 0 saturated heterocycles. The summed E-state index contributed by atoms with van der Waals surface area (Å²) in [6, 6.07) is 14.5. The first-order chi connectivity index (χ1) is 16.7. The lowest BCUT2D eigenvalue weighted by Crippen LogP contribution is -2.62. The van der Waals surface area contributed by atoms with E-state index < -0.39 is 17.4 Å². The average molecular weight is 480 g/mol. The Morgan fingerprint density at radius 2 is 1.83 bits per heavy atom. The maximum atomic E-state index is 13.1. The smallest absolute Gasteiger partial charge is 0.272 e. The maximum Gasteiger partial charge on any atom is 0.272 e. The highest BCUT2D eigenvalue weighted by atomic mass is 19.1. The number of carbonyl (C=O) groups is 3. The number of para-hydroxylation sites is 1. The molecule has 9 nitrogen and oxygen atoms in total. The molecule has 10 heteroatoms. The van der Waals surface area contributed by atoms with Crippen LogP contribution in [0, 0.1) is 5.82 Å². The number of amides is 3. The van der Waals surface area contributed by atoms with Crippen LogP contribution in [0.1, 0.15) is 39.0 Å². The highest BCUT2D eigenvalue weighted by molar-refractivity contribution is 6.01. The molecule has 0 unspecified atom stereocenters. The minimum atomic E-state index is -1.23. The molecule has 0 bridgehead atoms. The molecule has 3 amide bonds. The predicted octanol–water partition coefficient (Wildman–Crippen LogP) is 2.12. The molecule has 1 aromatic heterocycles. The van der Waals surface area contributed by atoms with Gasteiger partial charge in [0.25, 0.3) is 11.8 Å². The Morgan fingerprint density at radius 3 is 2.54 bits per heavy atom. The fourth-order valence-electron chi connectivity index (χ4n) is 3.93. The van der Waals surface area contributed by atoms with Crippen molar-refractivity contribution in [1.29, 1.82) is 0 Å². The van der Waals surface area contributed by atoms with Crippen molar-refractivity contribution in [1.82, 2.24) is 25.3 Å². The third-order valence-electron chi connectivity index (χ3n) is 6.22. The van der Waals surface area contributed by atoms with Crippen LogP contribution in [-0.4, -0.2) is 52.1 Å². The zero-order chi connectivity index (χ0) is 25.2. The predicted molar refractivity (Wildman–Crippen MR) is 125 cm³/mol. The lowest BCUT2D eigenvalue weighted by Gasteiger charge is -2.40. The van der Waals surface area contributed by atoms with Crippen LogP contribution >= 0.6 is 0 Å². The molecule has 1 atom stereocenters. The molecule has 0 radical (unpaired) electrons. The van der Waals surface area contributed by atoms with Crippen LogP contribution in [0.15, 0.2) is 54.6 Å². The molecule has 2 N–H and O–H groups in total. The van der Waals surface area contributed by atoms with E-state index in [0.717, 1.165) is 11.1 Å². The van der Waals surface area contributed by atoms with Gasteiger partial charge in [0.05, 0.1) is 13.7 Å². The lowest BCUT2D eigenvalue weighted by atomic mass is 9.96. The van der Waals surface area contributed by atoms with Gasteiger partial charge >= 0.3 is 0 Å². The topological polar surface area (TPSA) is 106 Å². The van der Waals surface area contributed by atoms with E-state index >= 15 is 0 Å². The number of halogens is 1. The average Bonchev–Trinajstić information content (AvgIpc) is 3.29. The zero-order valence-electron chi connectivity index (χ0n) is 19.7. The number of nitrogens with zero attached hydrogens (tertiary/aromatic N) is 3. The molecule has 3 aromatic rings. The monoisotopic (exact) mass is 479 g/mol. The van der Waals surface area contributed by atoms with Gasteiger partial charge in [0.15, 0.2) is 5.69 Å². The van der Waals surface area contributed by atoms with Crippen LogP contribution in [0.4, 0.5) is 4.39 Å². The summed E-state index contributed by atoms with van der Waals surface area (Å²) in [5.41, 5.74) is 0.586. The Bertz CT molecular complexity index is 1270. The number of methoxy groups -OCH3 is 1. The van der Waals surface area contributed by atoms with Gasteiger partial charge in [0.2, 0.25) is 5.91 Å². The van der Waals surface area contributed by atoms with Crippen molar-refractivity contribution in [3.63, 3.8) is 0 Å². The Labute approximate surface area is 201 Å². The summed E-state index contributed by atoms with van der Waals surface area (Å²) in [4.78, 5) is 40.2. The third-order valence-corrected chi connectivity index (χ3v) is 6.22. The van der Waals surface area contributed by atoms with E-state index in [1.54, 1.807) is 32.2 Å². The van der Waals surface area contributed by atoms with Gasteiger partial charge in [-0.25, -0.2) is 4.39 Å². The van der Waals surface area contributed by atoms with E-state index in [-0.39, 0.29) is 42.7 Å². The number of hydrogen-bond donors (Lipinski definition) is 2. The van der Waals surface area contributed by atoms with E-state index in [9.17, 15) is 18.8 Å². The van der Waals surface area contributed by atoms with E-state index in [0.29, 0.717) is 5.75 Å². The first-order valence-corrected chi connectivity index (χ1v) is 11.0. The van der Waals surface area contributed by atoms with Crippen molar-refractivity contribution in [2.45, 2.75) is 32.1 Å². The van der Waals surface area contributed by atoms with Crippen LogP contribution in [0.25, 0.3) is 0 Å². The second-order valence-electron chi connectivity index (χ2n) is 8.51. The molecule has 0 spiro atoms. The summed E-state index contributed by atoms with van der Waals surface area (Å²) in [6.45, 7) is 2.11. The number of rotatable bonds is 7. The first kappa shape index (κ1) is 23.9. The molecule has 0 aliphatic carbocycles. The van der Waals surface area contributed by atoms with Gasteiger partial charge in [-0.3, -0.25) is 19.1 Å². The molecular weight excluding hydrogens is 453 g/mol. The molecular formula is C25H26FN5O4. The van der Waals surface area contributed by atoms with Crippen molar-refractivity contribution >= 4 is 17.7 Å². The number of carbonyl (C=O) groups excluding carboxylic acids is 3. The van der Waals surface area contributed by atoms with Gasteiger partial charge in [-0.2, -0.15) is 5.10 Å². The minimum absolute atomic E-state index is 0.0691. The number of aromatic nitrogens is 2. The Morgan fingerprint density at radius 1 is 1.11 bits per heavy atom. The molecule has 35 heavy (non-hydrogen) atoms. The van der Waals surface area contributed by atoms with Gasteiger partial charge in [-0.1, -0.05) is 30.3 Å². The van der Waals surface area contributed by atoms with Gasteiger partial charge in [0, 0.05) is 31.8 Å². The minimum Gasteiger partial charge on any atom is -0.496 e. The SMILES string of the molecule is COc1ccccc1CNC(=O)c1cc2n(n1)C[C@](C)(C(=O)NCc1ccc(F)cc1)N(C)C2=O. The fraction of sp³-hybridized carbons (Fsp3) is 0.280. The highest BCUT2D eigenvalue weighted by Crippen LogP contribution is 2.26. The van der Waals surface area contributed by atoms with Crippen LogP contribution < -0.4 is 15.4 Å². The molecule has 1 aliphatic heterocycles. The van der Waals surface area contributed by atoms with E-state index in [4.69, 9.17) is 4.74 Å². The van der Waals surface area contributed by atoms with Crippen LogP contribution in [0.5, 0.6) is 5.75 Å². The van der Waals surface area contributed by atoms with Gasteiger partial charge in [-0.05, 0) is 30.7 Å². The summed E-state index contributed by atoms with van der Waals surface area (Å²) in [5, 5.41) is 9.89. The molecule has 182 valence electrons. The van der Waals surface area contributed by atoms with Crippen LogP contribution in [0.3, 0.4) is 0 Å². The number of nitrogens with one attached hydrogen (secondary N) is 2. The van der Waals surface area contributed by atoms with Gasteiger partial charge in [0.1, 0.15) is 22.8 Å². The lowest BCUT2D eigenvalue weighted by molar-refractivity contribution is -0.132. The quantitative estimate of drug-likeness (QED) is 0.540. The Hall–Kier alpha value is -4.21. The highest BCUT2D eigenvalue weighted by Gasteiger charge is 2.46. The number of fused-ring (bicyclic) bond motifs is 1. The first-order valence-electron chi connectivity index (χ1n) is 11.0. The van der Waals surface area contributed by atoms with Crippen LogP contribution in [0.2, 0.25) is 0 Å². The van der Waals surface area contributed by atoms with E-state index in [1.165, 1.54) is 34.8 Å². The largest absolute Gasteiger partial charge is 0.496 e. The number of hydrogen-bond acceptors (Lipinski definition) is 5. The van der Waals surface area contributed by atoms with Crippen molar-refractivity contribution in [2.75, 3.05) is 14.2 Å². The summed E-state index contributed by atoms with van der Waals surface area (Å²) < 4.78 is 19.8. The van der Waals surface area contributed by atoms with Crippen molar-refractivity contribution < 1.29 is 23.5 Å². The molecule has 1 aliphatic rings. The molecule has 0 saturated carbocycles. The van der Waals surface area contributed by atoms with Crippen LogP contribution in [-0.2, 0) is 24.4 Å². The van der Waals surface area contributed by atoms with Gasteiger partial charge in [-0.15, -0.1) is 0 Å². The Kier molecular flexibility index (Phi) is 6.54. The molecule has 4 rings (SSSR count). The normalized spacial score (nSPS) is 17.0. The Balaban J connectivity index is 1.47. The molecule has 2 heterocycles. The second kappa shape index (κ2) is 9.57. The van der Waals surface area contributed by atoms with Crippen molar-refractivity contribution in [3.05, 3.63) is 82.9 Å². The van der Waals surface area contributed by atoms with E-state index in [2.05, 4.69) is 15.7 Å². The van der Waals surface area contributed by atoms with E-state index in [1.807, 2.05) is 18.2 Å². The zero-order valence-corrected chi connectivity index (χ0v) is 19.7. The second-order valence-corrected chi connectivity index (χ2v) is 8.51. The standard InChI is InChI=1S/C25H26FN5O4/c1-25(24(34)28-13-16-8-10-18(26)11-9-16)15-31-20(23(33)30(25)2)12-19(29-31)22(32)27-14-17-6-4-5-7-21(17)35-3/h4-12H,13-15H2,1-3H3,(H,27,32)(H,28,34)/t25-/m1/s1. The summed E-state index contributed by atoms with van der Waals surface area (Å²) in [7, 11) is 3.09. The van der Waals surface area contributed by atoms with Gasteiger partial charge < -0.3 is 20.3 Å². The molecule has 0 fully saturated rings. The fourth-order valence-corrected chi connectivity index (χ4v) is 3.93. The molecule has 2 aromatic carbocycles. The number of ether oxygens (including phenoxy) is 1. The third kappa shape index (κ3) is 4.72. The number of likely N-dealkylation sites (N-methyl/N-ethyl adjacent to an activating group) is 1.